The van der Waals surface area contributed by atoms with Gasteiger partial charge in [-0.05, 0) is 66.8 Å². The molecule has 188 valence electrons. The number of rotatable bonds is 6. The lowest BCUT2D eigenvalue weighted by molar-refractivity contribution is -0.0246. The van der Waals surface area contributed by atoms with Crippen molar-refractivity contribution in [2.75, 3.05) is 6.61 Å². The van der Waals surface area contributed by atoms with Crippen LogP contribution in [-0.4, -0.2) is 43.3 Å². The molecule has 36 heavy (non-hydrogen) atoms. The Labute approximate surface area is 217 Å². The monoisotopic (exact) mass is 530 g/mol. The average Bonchev–Trinajstić information content (AvgIpc) is 3.38. The molecule has 1 fully saturated rings. The van der Waals surface area contributed by atoms with E-state index in [-0.39, 0.29) is 29.2 Å². The van der Waals surface area contributed by atoms with Crippen LogP contribution in [-0.2, 0) is 17.7 Å². The summed E-state index contributed by atoms with van der Waals surface area (Å²) in [5.74, 6) is -1.54. The molecule has 4 atom stereocenters. The average molecular weight is 531 g/mol. The lowest BCUT2D eigenvalue weighted by atomic mass is 9.74. The van der Waals surface area contributed by atoms with Gasteiger partial charge in [0, 0.05) is 22.3 Å². The highest BCUT2D eigenvalue weighted by atomic mass is 35.5. The maximum absolute atomic E-state index is 16.2. The summed E-state index contributed by atoms with van der Waals surface area (Å²) in [5.41, 5.74) is -3.74. The third-order valence-electron chi connectivity index (χ3n) is 7.53. The third kappa shape index (κ3) is 3.56. The van der Waals surface area contributed by atoms with E-state index in [1.807, 2.05) is 6.92 Å². The second-order valence-electron chi connectivity index (χ2n) is 9.92. The van der Waals surface area contributed by atoms with Gasteiger partial charge in [0.25, 0.3) is 5.91 Å². The predicted octanol–water partition coefficient (Wildman–Crippen LogP) is 4.40. The third-order valence-corrected chi connectivity index (χ3v) is 8.01. The molecule has 3 aromatic rings. The highest BCUT2D eigenvalue weighted by Crippen LogP contribution is 2.64. The maximum Gasteiger partial charge on any atom is 0.255 e. The fourth-order valence-electron chi connectivity index (χ4n) is 5.43. The van der Waals surface area contributed by atoms with E-state index in [0.29, 0.717) is 27.7 Å². The molecule has 2 heterocycles. The zero-order chi connectivity index (χ0) is 26.0. The van der Waals surface area contributed by atoms with Crippen LogP contribution >= 0.6 is 23.2 Å². The first-order valence-corrected chi connectivity index (χ1v) is 12.3. The van der Waals surface area contributed by atoms with Crippen LogP contribution in [0, 0.1) is 11.7 Å². The van der Waals surface area contributed by atoms with Crippen molar-refractivity contribution in [3.63, 3.8) is 0 Å². The summed E-state index contributed by atoms with van der Waals surface area (Å²) in [6, 6.07) is 12.5. The molecule has 0 bridgehead atoms. The first-order chi connectivity index (χ1) is 17.0. The molecule has 9 heteroatoms. The molecule has 1 saturated carbocycles. The van der Waals surface area contributed by atoms with Gasteiger partial charge < -0.3 is 20.2 Å². The molecule has 0 radical (unpaired) electrons. The van der Waals surface area contributed by atoms with Crippen molar-refractivity contribution in [2.45, 2.75) is 43.6 Å². The Morgan fingerprint density at radius 2 is 1.81 bits per heavy atom. The molecule has 0 saturated heterocycles. The van der Waals surface area contributed by atoms with E-state index in [0.717, 1.165) is 6.07 Å². The number of halogens is 3. The molecule has 0 spiro atoms. The summed E-state index contributed by atoms with van der Waals surface area (Å²) in [5, 5.41) is 33.2. The van der Waals surface area contributed by atoms with Crippen molar-refractivity contribution in [3.05, 3.63) is 98.5 Å². The number of hydrogen-bond donors (Lipinski definition) is 3. The van der Waals surface area contributed by atoms with Gasteiger partial charge in [-0.15, -0.1) is 0 Å². The molecule has 6 nitrogen and oxygen atoms in total. The minimum atomic E-state index is -1.77. The van der Waals surface area contributed by atoms with Gasteiger partial charge in [0.15, 0.2) is 0 Å². The van der Waals surface area contributed by atoms with E-state index in [2.05, 4.69) is 4.98 Å². The van der Waals surface area contributed by atoms with Crippen LogP contribution in [0.3, 0.4) is 0 Å². The van der Waals surface area contributed by atoms with Gasteiger partial charge in [0.2, 0.25) is 0 Å². The predicted molar refractivity (Wildman–Crippen MR) is 133 cm³/mol. The SMILES string of the molecule is CC1CC1(O)[C@@]1(c2ccc(Cl)cc2)c2c(F)cc(C(C)(O)CO)cc2C(=O)N1Cc1ccc(Cl)cn1. The van der Waals surface area contributed by atoms with Crippen molar-refractivity contribution < 1.29 is 24.5 Å². The van der Waals surface area contributed by atoms with Gasteiger partial charge in [-0.1, -0.05) is 42.3 Å². The molecule has 3 unspecified atom stereocenters. The van der Waals surface area contributed by atoms with Gasteiger partial charge in [0.1, 0.15) is 17.0 Å². The topological polar surface area (TPSA) is 93.9 Å². The van der Waals surface area contributed by atoms with Gasteiger partial charge in [0.05, 0.1) is 29.5 Å². The van der Waals surface area contributed by atoms with Crippen molar-refractivity contribution in [1.29, 1.82) is 0 Å². The maximum atomic E-state index is 16.2. The highest BCUT2D eigenvalue weighted by Gasteiger charge is 2.72. The number of carbonyl (C=O) groups excluding carboxylic acids is 1. The molecule has 1 aromatic heterocycles. The second kappa shape index (κ2) is 8.50. The van der Waals surface area contributed by atoms with E-state index >= 15 is 4.39 Å². The zero-order valence-electron chi connectivity index (χ0n) is 19.7. The number of nitrogens with zero attached hydrogens (tertiary/aromatic N) is 2. The Balaban J connectivity index is 1.82. The number of aliphatic hydroxyl groups is 3. The summed E-state index contributed by atoms with van der Waals surface area (Å²) in [6.45, 7) is 2.49. The molecule has 3 N–H and O–H groups in total. The quantitative estimate of drug-likeness (QED) is 0.439. The highest BCUT2D eigenvalue weighted by molar-refractivity contribution is 6.30. The van der Waals surface area contributed by atoms with Crippen LogP contribution < -0.4 is 0 Å². The molecular formula is C27H25Cl2FN2O4. The summed E-state index contributed by atoms with van der Waals surface area (Å²) in [6.07, 6.45) is 1.79. The summed E-state index contributed by atoms with van der Waals surface area (Å²) in [7, 11) is 0. The number of pyridine rings is 1. The van der Waals surface area contributed by atoms with Crippen molar-refractivity contribution >= 4 is 29.1 Å². The number of hydrogen-bond acceptors (Lipinski definition) is 5. The molecule has 1 aliphatic carbocycles. The van der Waals surface area contributed by atoms with Crippen LogP contribution in [0.5, 0.6) is 0 Å². The lowest BCUT2D eigenvalue weighted by Gasteiger charge is -2.44. The van der Waals surface area contributed by atoms with E-state index in [1.165, 1.54) is 24.1 Å². The number of benzene rings is 2. The zero-order valence-corrected chi connectivity index (χ0v) is 21.2. The normalized spacial score (nSPS) is 26.6. The Hall–Kier alpha value is -2.55. The number of aromatic nitrogens is 1. The van der Waals surface area contributed by atoms with Gasteiger partial charge >= 0.3 is 0 Å². The van der Waals surface area contributed by atoms with Crippen LogP contribution in [0.4, 0.5) is 4.39 Å². The molecule has 2 aromatic carbocycles. The summed E-state index contributed by atoms with van der Waals surface area (Å²) in [4.78, 5) is 19.8. The number of fused-ring (bicyclic) bond motifs is 1. The first kappa shape index (κ1) is 25.1. The largest absolute Gasteiger partial charge is 0.393 e. The number of amides is 1. The lowest BCUT2D eigenvalue weighted by Crippen LogP contribution is -2.55. The fourth-order valence-corrected chi connectivity index (χ4v) is 5.67. The van der Waals surface area contributed by atoms with Gasteiger partial charge in [-0.2, -0.15) is 0 Å². The second-order valence-corrected chi connectivity index (χ2v) is 10.8. The van der Waals surface area contributed by atoms with Crippen LogP contribution in [0.1, 0.15) is 53.0 Å². The standard InChI is InChI=1S/C27H25Cl2FN2O4/c1-15-11-26(15,36)27(16-3-5-18(28)6-4-16)23-21(9-17(10-22(23)30)25(2,35)14-33)24(34)32(27)13-20-8-7-19(29)12-31-20/h3-10,12,15,33,35-36H,11,13-14H2,1-2H3/t15?,25?,26?,27-/m1/s1. The summed E-state index contributed by atoms with van der Waals surface area (Å²) >= 11 is 12.2. The summed E-state index contributed by atoms with van der Waals surface area (Å²) < 4.78 is 16.2. The minimum absolute atomic E-state index is 0.00941. The van der Waals surface area contributed by atoms with E-state index < -0.39 is 35.1 Å². The van der Waals surface area contributed by atoms with Gasteiger partial charge in [-0.25, -0.2) is 4.39 Å². The van der Waals surface area contributed by atoms with Crippen LogP contribution in [0.25, 0.3) is 0 Å². The smallest absolute Gasteiger partial charge is 0.255 e. The molecular weight excluding hydrogens is 506 g/mol. The van der Waals surface area contributed by atoms with Crippen LogP contribution in [0.2, 0.25) is 10.0 Å². The Morgan fingerprint density at radius 1 is 1.17 bits per heavy atom. The Bertz CT molecular complexity index is 1350. The van der Waals surface area contributed by atoms with E-state index in [9.17, 15) is 20.1 Å². The molecule has 1 aliphatic heterocycles. The minimum Gasteiger partial charge on any atom is -0.393 e. The molecule has 2 aliphatic rings. The Morgan fingerprint density at radius 3 is 2.36 bits per heavy atom. The molecule has 1 amide bonds. The van der Waals surface area contributed by atoms with Gasteiger partial charge in [-0.3, -0.25) is 9.78 Å². The van der Waals surface area contributed by atoms with Crippen molar-refractivity contribution in [1.82, 2.24) is 9.88 Å². The number of aliphatic hydroxyl groups excluding tert-OH is 1. The fraction of sp³-hybridized carbons (Fsp3) is 0.333. The van der Waals surface area contributed by atoms with E-state index in [4.69, 9.17) is 23.2 Å². The first-order valence-electron chi connectivity index (χ1n) is 11.5. The van der Waals surface area contributed by atoms with Crippen LogP contribution in [0.15, 0.2) is 54.7 Å². The molecule has 5 rings (SSSR count). The van der Waals surface area contributed by atoms with Crippen molar-refractivity contribution in [3.8, 4) is 0 Å². The number of carbonyl (C=O) groups is 1. The Kier molecular flexibility index (Phi) is 5.93. The van der Waals surface area contributed by atoms with Crippen molar-refractivity contribution in [2.24, 2.45) is 5.92 Å². The van der Waals surface area contributed by atoms with E-state index in [1.54, 1.807) is 36.4 Å².